The van der Waals surface area contributed by atoms with Crippen LogP contribution >= 0.6 is 11.6 Å². The molecule has 1 heterocycles. The average Bonchev–Trinajstić information content (AvgIpc) is 2.93. The summed E-state index contributed by atoms with van der Waals surface area (Å²) < 4.78 is 9.82. The number of benzene rings is 1. The fraction of sp³-hybridized carbons (Fsp3) is 0.143. The maximum Gasteiger partial charge on any atom is 0.341 e. The van der Waals surface area contributed by atoms with Crippen LogP contribution in [0.3, 0.4) is 0 Å². The monoisotopic (exact) mass is 290 g/mol. The molecule has 0 unspecified atom stereocenters. The molecule has 0 bridgehead atoms. The Morgan fingerprint density at radius 2 is 2.30 bits per heavy atom. The smallest absolute Gasteiger partial charge is 0.341 e. The second-order valence-electron chi connectivity index (χ2n) is 3.95. The first-order valence-electron chi connectivity index (χ1n) is 5.73. The van der Waals surface area contributed by atoms with Crippen LogP contribution in [0.4, 0.5) is 5.69 Å². The molecule has 1 N–H and O–H groups in total. The van der Waals surface area contributed by atoms with E-state index in [-0.39, 0.29) is 0 Å². The molecular formula is C14H11ClN2O3. The number of nitriles is 1. The molecule has 5 nitrogen and oxygen atoms in total. The number of rotatable bonds is 4. The summed E-state index contributed by atoms with van der Waals surface area (Å²) in [6.45, 7) is 0.325. The second kappa shape index (κ2) is 6.13. The van der Waals surface area contributed by atoms with Crippen molar-refractivity contribution in [1.29, 1.82) is 5.26 Å². The number of ether oxygens (including phenoxy) is 1. The summed E-state index contributed by atoms with van der Waals surface area (Å²) in [4.78, 5) is 11.3. The van der Waals surface area contributed by atoms with Gasteiger partial charge in [0.2, 0.25) is 0 Å². The van der Waals surface area contributed by atoms with Crippen molar-refractivity contribution in [2.24, 2.45) is 0 Å². The van der Waals surface area contributed by atoms with Gasteiger partial charge in [-0.2, -0.15) is 5.26 Å². The number of nitrogens with zero attached hydrogens (tertiary/aromatic N) is 1. The van der Waals surface area contributed by atoms with E-state index in [2.05, 4.69) is 16.1 Å². The van der Waals surface area contributed by atoms with Gasteiger partial charge in [0.05, 0.1) is 30.5 Å². The Morgan fingerprint density at radius 3 is 3.00 bits per heavy atom. The van der Waals surface area contributed by atoms with Crippen LogP contribution in [0, 0.1) is 11.3 Å². The van der Waals surface area contributed by atoms with E-state index < -0.39 is 5.97 Å². The normalized spacial score (nSPS) is 9.85. The van der Waals surface area contributed by atoms with Gasteiger partial charge in [0.15, 0.2) is 0 Å². The van der Waals surface area contributed by atoms with E-state index in [1.54, 1.807) is 24.3 Å². The Bertz CT molecular complexity index is 673. The highest BCUT2D eigenvalue weighted by Gasteiger charge is 2.10. The topological polar surface area (TPSA) is 75.3 Å². The first-order chi connectivity index (χ1) is 9.63. The molecule has 0 atom stereocenters. The highest BCUT2D eigenvalue weighted by molar-refractivity contribution is 6.30. The molecule has 2 aromatic rings. The minimum absolute atomic E-state index is 0.325. The lowest BCUT2D eigenvalue weighted by Gasteiger charge is -2.06. The molecule has 0 aliphatic rings. The first kappa shape index (κ1) is 14.0. The van der Waals surface area contributed by atoms with Gasteiger partial charge in [0, 0.05) is 5.02 Å². The number of nitrogens with one attached hydrogen (secondary N) is 1. The molecule has 102 valence electrons. The summed E-state index contributed by atoms with van der Waals surface area (Å²) in [6, 6.07) is 8.58. The van der Waals surface area contributed by atoms with Crippen molar-refractivity contribution in [3.63, 3.8) is 0 Å². The molecule has 20 heavy (non-hydrogen) atoms. The molecule has 2 rings (SSSR count). The zero-order valence-electron chi connectivity index (χ0n) is 10.6. The van der Waals surface area contributed by atoms with Gasteiger partial charge < -0.3 is 14.5 Å². The molecular weight excluding hydrogens is 280 g/mol. The SMILES string of the molecule is COC(=O)c1coc(CNc2cc(Cl)ccc2C#N)c1. The summed E-state index contributed by atoms with van der Waals surface area (Å²) in [7, 11) is 1.30. The van der Waals surface area contributed by atoms with Crippen LogP contribution in [0.5, 0.6) is 0 Å². The predicted molar refractivity (Wildman–Crippen MR) is 73.5 cm³/mol. The van der Waals surface area contributed by atoms with Crippen LogP contribution in [0.1, 0.15) is 21.7 Å². The third-order valence-electron chi connectivity index (χ3n) is 2.63. The van der Waals surface area contributed by atoms with Gasteiger partial charge in [-0.25, -0.2) is 4.79 Å². The summed E-state index contributed by atoms with van der Waals surface area (Å²) in [5, 5.41) is 12.6. The maximum absolute atomic E-state index is 11.3. The van der Waals surface area contributed by atoms with Crippen LogP contribution in [-0.4, -0.2) is 13.1 Å². The Kier molecular flexibility index (Phi) is 4.28. The van der Waals surface area contributed by atoms with Gasteiger partial charge >= 0.3 is 5.97 Å². The van der Waals surface area contributed by atoms with Crippen LogP contribution in [0.2, 0.25) is 5.02 Å². The van der Waals surface area contributed by atoms with Crippen molar-refractivity contribution in [2.45, 2.75) is 6.54 Å². The Balaban J connectivity index is 2.09. The van der Waals surface area contributed by atoms with Gasteiger partial charge in [0.1, 0.15) is 18.1 Å². The standard InChI is InChI=1S/C14H11ClN2O3/c1-19-14(18)10-4-12(20-8-10)7-17-13-5-11(15)3-2-9(13)6-16/h2-5,8,17H,7H2,1H3. The molecule has 1 aromatic carbocycles. The van der Waals surface area contributed by atoms with E-state index in [0.29, 0.717) is 34.1 Å². The minimum Gasteiger partial charge on any atom is -0.467 e. The lowest BCUT2D eigenvalue weighted by Crippen LogP contribution is -2.01. The van der Waals surface area contributed by atoms with E-state index in [1.807, 2.05) is 0 Å². The number of anilines is 1. The van der Waals surface area contributed by atoms with Crippen LogP contribution < -0.4 is 5.32 Å². The van der Waals surface area contributed by atoms with Crippen LogP contribution in [0.15, 0.2) is 34.9 Å². The van der Waals surface area contributed by atoms with Crippen molar-refractivity contribution >= 4 is 23.3 Å². The van der Waals surface area contributed by atoms with E-state index in [9.17, 15) is 4.79 Å². The number of methoxy groups -OCH3 is 1. The number of carbonyl (C=O) groups excluding carboxylic acids is 1. The van der Waals surface area contributed by atoms with E-state index >= 15 is 0 Å². The van der Waals surface area contributed by atoms with Gasteiger partial charge in [0.25, 0.3) is 0 Å². The molecule has 0 aliphatic carbocycles. The number of furan rings is 1. The zero-order chi connectivity index (χ0) is 14.5. The second-order valence-corrected chi connectivity index (χ2v) is 4.38. The van der Waals surface area contributed by atoms with Crippen molar-refractivity contribution in [1.82, 2.24) is 0 Å². The highest BCUT2D eigenvalue weighted by Crippen LogP contribution is 2.21. The Labute approximate surface area is 120 Å². The number of hydrogen-bond acceptors (Lipinski definition) is 5. The van der Waals surface area contributed by atoms with Gasteiger partial charge in [-0.15, -0.1) is 0 Å². The third kappa shape index (κ3) is 3.11. The summed E-state index contributed by atoms with van der Waals surface area (Å²) >= 11 is 5.89. The van der Waals surface area contributed by atoms with E-state index in [4.69, 9.17) is 21.3 Å². The predicted octanol–water partition coefficient (Wildman–Crippen LogP) is 3.20. The molecule has 0 fully saturated rings. The third-order valence-corrected chi connectivity index (χ3v) is 2.87. The largest absolute Gasteiger partial charge is 0.467 e. The van der Waals surface area contributed by atoms with Crippen molar-refractivity contribution in [3.8, 4) is 6.07 Å². The average molecular weight is 291 g/mol. The van der Waals surface area contributed by atoms with Gasteiger partial charge in [-0.1, -0.05) is 11.6 Å². The van der Waals surface area contributed by atoms with E-state index in [0.717, 1.165) is 0 Å². The molecule has 6 heteroatoms. The summed E-state index contributed by atoms with van der Waals surface area (Å²) in [6.07, 6.45) is 1.33. The van der Waals surface area contributed by atoms with Crippen molar-refractivity contribution in [2.75, 3.05) is 12.4 Å². The number of halogens is 1. The van der Waals surface area contributed by atoms with Gasteiger partial charge in [-0.05, 0) is 24.3 Å². The molecule has 0 amide bonds. The molecule has 1 aromatic heterocycles. The first-order valence-corrected chi connectivity index (χ1v) is 6.11. The number of carbonyl (C=O) groups is 1. The molecule has 0 aliphatic heterocycles. The van der Waals surface area contributed by atoms with Crippen LogP contribution in [0.25, 0.3) is 0 Å². The maximum atomic E-state index is 11.3. The van der Waals surface area contributed by atoms with Crippen molar-refractivity contribution in [3.05, 3.63) is 52.4 Å². The lowest BCUT2D eigenvalue weighted by molar-refractivity contribution is 0.0600. The fourth-order valence-corrected chi connectivity index (χ4v) is 1.81. The molecule has 0 spiro atoms. The fourth-order valence-electron chi connectivity index (χ4n) is 1.64. The highest BCUT2D eigenvalue weighted by atomic mass is 35.5. The lowest BCUT2D eigenvalue weighted by atomic mass is 10.2. The van der Waals surface area contributed by atoms with Crippen LogP contribution in [-0.2, 0) is 11.3 Å². The molecule has 0 saturated heterocycles. The molecule has 0 radical (unpaired) electrons. The van der Waals surface area contributed by atoms with Crippen molar-refractivity contribution < 1.29 is 13.9 Å². The Hall–Kier alpha value is -2.45. The number of hydrogen-bond donors (Lipinski definition) is 1. The number of esters is 1. The minimum atomic E-state index is -0.458. The summed E-state index contributed by atoms with van der Waals surface area (Å²) in [5.41, 5.74) is 1.43. The summed E-state index contributed by atoms with van der Waals surface area (Å²) in [5.74, 6) is 0.0923. The molecule has 0 saturated carbocycles. The van der Waals surface area contributed by atoms with Gasteiger partial charge in [-0.3, -0.25) is 0 Å². The van der Waals surface area contributed by atoms with E-state index in [1.165, 1.54) is 13.4 Å². The Morgan fingerprint density at radius 1 is 1.50 bits per heavy atom. The quantitative estimate of drug-likeness (QED) is 0.875. The zero-order valence-corrected chi connectivity index (χ0v) is 11.4.